The second-order valence-corrected chi connectivity index (χ2v) is 11.3. The Morgan fingerprint density at radius 1 is 0.969 bits per heavy atom. The summed E-state index contributed by atoms with van der Waals surface area (Å²) in [5.74, 6) is -0.436. The molecule has 0 radical (unpaired) electrons. The molecular formula is C26H34N2O4. The number of fused-ring (bicyclic) bond motifs is 3. The van der Waals surface area contributed by atoms with Gasteiger partial charge in [0.1, 0.15) is 17.5 Å². The van der Waals surface area contributed by atoms with Gasteiger partial charge in [-0.2, -0.15) is 0 Å². The molecule has 1 saturated heterocycles. The van der Waals surface area contributed by atoms with Crippen molar-refractivity contribution in [2.75, 3.05) is 5.32 Å². The van der Waals surface area contributed by atoms with E-state index in [-0.39, 0.29) is 34.6 Å². The molecule has 2 aliphatic rings. The number of carbonyl (C=O) groups is 1. The molecule has 5 N–H and O–H groups in total. The monoisotopic (exact) mass is 438 g/mol. The van der Waals surface area contributed by atoms with Gasteiger partial charge in [-0.25, -0.2) is 0 Å². The zero-order valence-corrected chi connectivity index (χ0v) is 19.7. The van der Waals surface area contributed by atoms with E-state index in [9.17, 15) is 20.1 Å². The quantitative estimate of drug-likeness (QED) is 0.434. The molecule has 6 nitrogen and oxygen atoms in total. The van der Waals surface area contributed by atoms with Gasteiger partial charge in [0.05, 0.1) is 12.1 Å². The van der Waals surface area contributed by atoms with E-state index in [0.29, 0.717) is 12.2 Å². The van der Waals surface area contributed by atoms with Crippen LogP contribution in [0.5, 0.6) is 11.5 Å². The average Bonchev–Trinajstić information content (AvgIpc) is 3.03. The van der Waals surface area contributed by atoms with Gasteiger partial charge in [-0.1, -0.05) is 41.5 Å². The van der Waals surface area contributed by atoms with Gasteiger partial charge in [-0.05, 0) is 69.8 Å². The number of rotatable bonds is 2. The van der Waals surface area contributed by atoms with Gasteiger partial charge in [-0.15, -0.1) is 0 Å². The van der Waals surface area contributed by atoms with Crippen molar-refractivity contribution in [1.82, 2.24) is 5.32 Å². The molecule has 0 unspecified atom stereocenters. The fraction of sp³-hybridized carbons (Fsp3) is 0.500. The number of carboxylic acid groups (broad SMARTS) is 1. The molecule has 172 valence electrons. The largest absolute Gasteiger partial charge is 0.508 e. The van der Waals surface area contributed by atoms with E-state index in [1.54, 1.807) is 12.1 Å². The first-order chi connectivity index (χ1) is 14.8. The van der Waals surface area contributed by atoms with Crippen molar-refractivity contribution in [3.05, 3.63) is 52.6 Å². The van der Waals surface area contributed by atoms with Crippen LogP contribution in [0.4, 0.5) is 5.69 Å². The molecule has 0 saturated carbocycles. The highest BCUT2D eigenvalue weighted by Gasteiger charge is 2.46. The Hall–Kier alpha value is -2.73. The summed E-state index contributed by atoms with van der Waals surface area (Å²) in [6, 6.07) is 8.24. The van der Waals surface area contributed by atoms with Crippen LogP contribution in [-0.4, -0.2) is 33.4 Å². The van der Waals surface area contributed by atoms with E-state index >= 15 is 0 Å². The number of aliphatic carboxylic acids is 1. The Kier molecular flexibility index (Phi) is 5.20. The number of anilines is 1. The molecule has 2 aromatic rings. The minimum atomic E-state index is -0.882. The van der Waals surface area contributed by atoms with Crippen LogP contribution >= 0.6 is 0 Å². The van der Waals surface area contributed by atoms with Crippen molar-refractivity contribution < 1.29 is 20.1 Å². The van der Waals surface area contributed by atoms with Crippen LogP contribution in [0.2, 0.25) is 0 Å². The number of piperidine rings is 1. The molecule has 2 aliphatic heterocycles. The van der Waals surface area contributed by atoms with Crippen molar-refractivity contribution in [3.63, 3.8) is 0 Å². The van der Waals surface area contributed by atoms with Crippen molar-refractivity contribution in [1.29, 1.82) is 0 Å². The Labute approximate surface area is 189 Å². The van der Waals surface area contributed by atoms with E-state index in [1.165, 1.54) is 0 Å². The van der Waals surface area contributed by atoms with E-state index in [0.717, 1.165) is 27.9 Å². The molecule has 4 rings (SSSR count). The number of phenols is 2. The summed E-state index contributed by atoms with van der Waals surface area (Å²) >= 11 is 0. The number of benzene rings is 2. The normalized spacial score (nSPS) is 25.1. The maximum Gasteiger partial charge on any atom is 0.320 e. The van der Waals surface area contributed by atoms with Crippen molar-refractivity contribution >= 4 is 11.7 Å². The smallest absolute Gasteiger partial charge is 0.320 e. The first kappa shape index (κ1) is 22.5. The summed E-state index contributed by atoms with van der Waals surface area (Å²) < 4.78 is 0. The molecule has 2 heterocycles. The van der Waals surface area contributed by atoms with Crippen LogP contribution in [0.1, 0.15) is 82.2 Å². The second kappa shape index (κ2) is 7.41. The van der Waals surface area contributed by atoms with Gasteiger partial charge in [0.25, 0.3) is 0 Å². The summed E-state index contributed by atoms with van der Waals surface area (Å²) in [5, 5.41) is 38.0. The lowest BCUT2D eigenvalue weighted by molar-refractivity contribution is -0.140. The molecule has 4 atom stereocenters. The van der Waals surface area contributed by atoms with Crippen LogP contribution in [0, 0.1) is 0 Å². The predicted molar refractivity (Wildman–Crippen MR) is 126 cm³/mol. The third kappa shape index (κ3) is 3.81. The fourth-order valence-electron chi connectivity index (χ4n) is 5.15. The van der Waals surface area contributed by atoms with Gasteiger partial charge in [0.2, 0.25) is 0 Å². The van der Waals surface area contributed by atoms with Crippen molar-refractivity contribution in [2.24, 2.45) is 0 Å². The highest BCUT2D eigenvalue weighted by atomic mass is 16.4. The molecule has 2 aromatic carbocycles. The highest BCUT2D eigenvalue weighted by Crippen LogP contribution is 2.49. The second-order valence-electron chi connectivity index (χ2n) is 11.3. The van der Waals surface area contributed by atoms with Gasteiger partial charge >= 0.3 is 5.97 Å². The van der Waals surface area contributed by atoms with Crippen molar-refractivity contribution in [3.8, 4) is 11.5 Å². The topological polar surface area (TPSA) is 102 Å². The maximum absolute atomic E-state index is 12.0. The summed E-state index contributed by atoms with van der Waals surface area (Å²) in [5.41, 5.74) is 3.99. The number of carboxylic acids is 1. The number of nitrogens with one attached hydrogen (secondary N) is 2. The zero-order valence-electron chi connectivity index (χ0n) is 19.7. The number of hydrogen-bond acceptors (Lipinski definition) is 5. The van der Waals surface area contributed by atoms with E-state index in [4.69, 9.17) is 0 Å². The minimum absolute atomic E-state index is 0.0468. The molecule has 1 fully saturated rings. The zero-order chi connectivity index (χ0) is 23.6. The number of aromatic hydroxyl groups is 2. The Balaban J connectivity index is 1.87. The van der Waals surface area contributed by atoms with Crippen LogP contribution in [0.15, 0.2) is 30.3 Å². The lowest BCUT2D eigenvalue weighted by Crippen LogP contribution is -2.52. The van der Waals surface area contributed by atoms with Gasteiger partial charge < -0.3 is 20.6 Å². The van der Waals surface area contributed by atoms with Gasteiger partial charge in [0.15, 0.2) is 0 Å². The first-order valence-corrected chi connectivity index (χ1v) is 11.2. The van der Waals surface area contributed by atoms with E-state index in [1.807, 2.05) is 18.2 Å². The lowest BCUT2D eigenvalue weighted by atomic mass is 9.74. The average molecular weight is 439 g/mol. The van der Waals surface area contributed by atoms with E-state index in [2.05, 4.69) is 52.2 Å². The molecule has 0 aromatic heterocycles. The SMILES string of the molecule is CC(C)(C)c1cc([C@@H]2N[C@H](C(=O)O)C[C@@H]3c4cc(O)ccc4N[C@H]32)cc(C(C)(C)C)c1O. The Morgan fingerprint density at radius 3 is 2.09 bits per heavy atom. The van der Waals surface area contributed by atoms with Crippen LogP contribution < -0.4 is 10.6 Å². The van der Waals surface area contributed by atoms with Crippen molar-refractivity contribution in [2.45, 2.75) is 82.8 Å². The Morgan fingerprint density at radius 2 is 1.56 bits per heavy atom. The third-order valence-electron chi connectivity index (χ3n) is 6.83. The molecule has 0 aliphatic carbocycles. The minimum Gasteiger partial charge on any atom is -0.508 e. The third-order valence-corrected chi connectivity index (χ3v) is 6.83. The van der Waals surface area contributed by atoms with Crippen LogP contribution in [0.3, 0.4) is 0 Å². The summed E-state index contributed by atoms with van der Waals surface area (Å²) in [7, 11) is 0. The number of phenolic OH excluding ortho intramolecular Hbond substituents is 2. The van der Waals surface area contributed by atoms with Gasteiger partial charge in [-0.3, -0.25) is 10.1 Å². The summed E-state index contributed by atoms with van der Waals surface area (Å²) in [6.45, 7) is 12.4. The lowest BCUT2D eigenvalue weighted by Gasteiger charge is -2.40. The number of hydrogen-bond donors (Lipinski definition) is 5. The van der Waals surface area contributed by atoms with Crippen LogP contribution in [-0.2, 0) is 15.6 Å². The molecular weight excluding hydrogens is 404 g/mol. The highest BCUT2D eigenvalue weighted by molar-refractivity contribution is 5.75. The molecule has 0 bridgehead atoms. The van der Waals surface area contributed by atoms with Crippen LogP contribution in [0.25, 0.3) is 0 Å². The van der Waals surface area contributed by atoms with Gasteiger partial charge in [0, 0.05) is 11.6 Å². The maximum atomic E-state index is 12.0. The standard InChI is InChI=1S/C26H34N2O4/c1-25(2,3)17-9-13(10-18(23(17)30)26(4,5)6)21-22-16(12-20(28-21)24(31)32)15-11-14(29)7-8-19(15)27-22/h7-11,16,20-22,27-30H,12H2,1-6H3,(H,31,32)/t16-,20+,21+,22-/m1/s1. The summed E-state index contributed by atoms with van der Waals surface area (Å²) in [6.07, 6.45) is 0.441. The molecule has 0 amide bonds. The molecule has 6 heteroatoms. The van der Waals surface area contributed by atoms with E-state index < -0.39 is 12.0 Å². The Bertz CT molecular complexity index is 1030. The fourth-order valence-corrected chi connectivity index (χ4v) is 5.15. The molecule has 0 spiro atoms. The summed E-state index contributed by atoms with van der Waals surface area (Å²) in [4.78, 5) is 12.0. The predicted octanol–water partition coefficient (Wildman–Crippen LogP) is 4.76. The first-order valence-electron chi connectivity index (χ1n) is 11.2. The molecule has 32 heavy (non-hydrogen) atoms.